The van der Waals surface area contributed by atoms with Gasteiger partial charge in [-0.3, -0.25) is 24.5 Å². The van der Waals surface area contributed by atoms with Gasteiger partial charge in [0.25, 0.3) is 5.69 Å². The number of nitro benzene ring substituents is 1. The van der Waals surface area contributed by atoms with E-state index in [9.17, 15) is 24.5 Å². The van der Waals surface area contributed by atoms with Gasteiger partial charge in [-0.1, -0.05) is 0 Å². The topological polar surface area (TPSA) is 152 Å². The van der Waals surface area contributed by atoms with Crippen LogP contribution >= 0.6 is 0 Å². The predicted octanol–water partition coefficient (Wildman–Crippen LogP) is 1.34. The quantitative estimate of drug-likeness (QED) is 0.287. The van der Waals surface area contributed by atoms with Gasteiger partial charge in [0.1, 0.15) is 5.75 Å². The number of nitrogens with zero attached hydrogens (tertiary/aromatic N) is 2. The van der Waals surface area contributed by atoms with Crippen molar-refractivity contribution >= 4 is 34.8 Å². The maximum atomic E-state index is 12.1. The first-order chi connectivity index (χ1) is 12.9. The Morgan fingerprint density at radius 2 is 1.86 bits per heavy atom. The molecule has 11 heteroatoms. The van der Waals surface area contributed by atoms with Gasteiger partial charge in [0.15, 0.2) is 0 Å². The molecule has 0 aliphatic heterocycles. The Balaban J connectivity index is 2.68. The molecule has 0 aliphatic carbocycles. The lowest BCUT2D eigenvalue weighted by molar-refractivity contribution is -0.384. The fraction of sp³-hybridized carbons (Fsp3) is 0.412. The van der Waals surface area contributed by atoms with Crippen molar-refractivity contribution in [1.82, 2.24) is 10.7 Å². The minimum atomic E-state index is -0.952. The van der Waals surface area contributed by atoms with E-state index in [-0.39, 0.29) is 29.3 Å². The third-order valence-electron chi connectivity index (χ3n) is 3.13. The fourth-order valence-corrected chi connectivity index (χ4v) is 1.96. The van der Waals surface area contributed by atoms with Crippen LogP contribution in [-0.4, -0.2) is 41.0 Å². The molecule has 3 N–H and O–H groups in total. The van der Waals surface area contributed by atoms with E-state index in [0.717, 1.165) is 0 Å². The first-order valence-corrected chi connectivity index (χ1v) is 8.21. The molecule has 0 atom stereocenters. The summed E-state index contributed by atoms with van der Waals surface area (Å²) in [6, 6.07) is 3.76. The molecule has 0 bridgehead atoms. The number of methoxy groups -OCH3 is 1. The van der Waals surface area contributed by atoms with E-state index in [4.69, 9.17) is 4.74 Å². The minimum absolute atomic E-state index is 0.129. The normalized spacial score (nSPS) is 11.4. The average Bonchev–Trinajstić information content (AvgIpc) is 2.58. The number of carbonyl (C=O) groups excluding carboxylic acids is 3. The Morgan fingerprint density at radius 3 is 2.39 bits per heavy atom. The number of ether oxygens (including phenoxy) is 1. The molecule has 1 aromatic carbocycles. The monoisotopic (exact) mass is 393 g/mol. The molecule has 0 heterocycles. The van der Waals surface area contributed by atoms with Crippen LogP contribution in [0.3, 0.4) is 0 Å². The van der Waals surface area contributed by atoms with Crippen molar-refractivity contribution in [2.45, 2.75) is 39.7 Å². The zero-order valence-electron chi connectivity index (χ0n) is 16.3. The molecule has 0 saturated heterocycles. The number of amides is 3. The zero-order valence-corrected chi connectivity index (χ0v) is 16.3. The Hall–Kier alpha value is -3.50. The summed E-state index contributed by atoms with van der Waals surface area (Å²) in [6.07, 6.45) is -0.179. The van der Waals surface area contributed by atoms with Crippen LogP contribution in [0, 0.1) is 10.1 Å². The summed E-state index contributed by atoms with van der Waals surface area (Å²) in [4.78, 5) is 45.6. The maximum Gasteiger partial charge on any atom is 0.329 e. The number of carbonyl (C=O) groups is 3. The van der Waals surface area contributed by atoms with Gasteiger partial charge in [-0.25, -0.2) is 5.43 Å². The van der Waals surface area contributed by atoms with E-state index < -0.39 is 28.2 Å². The van der Waals surface area contributed by atoms with Crippen LogP contribution in [-0.2, 0) is 14.4 Å². The summed E-state index contributed by atoms with van der Waals surface area (Å²) in [5.41, 5.74) is 1.82. The predicted molar refractivity (Wildman–Crippen MR) is 102 cm³/mol. The van der Waals surface area contributed by atoms with E-state index in [1.165, 1.54) is 32.2 Å². The van der Waals surface area contributed by atoms with Gasteiger partial charge in [-0.05, 0) is 33.8 Å². The first kappa shape index (κ1) is 22.5. The second kappa shape index (κ2) is 9.44. The van der Waals surface area contributed by atoms with Crippen LogP contribution in [0.1, 0.15) is 34.1 Å². The van der Waals surface area contributed by atoms with Gasteiger partial charge in [-0.2, -0.15) is 5.10 Å². The van der Waals surface area contributed by atoms with Crippen molar-refractivity contribution in [3.63, 3.8) is 0 Å². The fourth-order valence-electron chi connectivity index (χ4n) is 1.96. The highest BCUT2D eigenvalue weighted by Gasteiger charge is 2.20. The molecule has 152 valence electrons. The third kappa shape index (κ3) is 7.40. The van der Waals surface area contributed by atoms with Crippen molar-refractivity contribution in [3.8, 4) is 5.75 Å². The summed E-state index contributed by atoms with van der Waals surface area (Å²) in [6.45, 7) is 6.67. The number of nitrogens with one attached hydrogen (secondary N) is 3. The van der Waals surface area contributed by atoms with Crippen LogP contribution < -0.4 is 20.8 Å². The van der Waals surface area contributed by atoms with E-state index >= 15 is 0 Å². The molecule has 11 nitrogen and oxygen atoms in total. The third-order valence-corrected chi connectivity index (χ3v) is 3.13. The summed E-state index contributed by atoms with van der Waals surface area (Å²) in [5, 5.41) is 19.5. The summed E-state index contributed by atoms with van der Waals surface area (Å²) >= 11 is 0. The van der Waals surface area contributed by atoms with Gasteiger partial charge in [0, 0.05) is 17.3 Å². The molecule has 0 aliphatic rings. The lowest BCUT2D eigenvalue weighted by Crippen LogP contribution is -2.47. The van der Waals surface area contributed by atoms with E-state index in [0.29, 0.717) is 0 Å². The first-order valence-electron chi connectivity index (χ1n) is 8.21. The average molecular weight is 393 g/mol. The standard InChI is InChI=1S/C17H23N5O6/c1-10(20-21-16(25)15(24)19-17(2,3)4)8-14(23)18-12-7-6-11(22(26)27)9-13(12)28-5/h6-7,9H,8H2,1-5H3,(H,18,23)(H,19,24)(H,21,25)/b20-10+. The lowest BCUT2D eigenvalue weighted by atomic mass is 10.1. The van der Waals surface area contributed by atoms with Crippen molar-refractivity contribution < 1.29 is 24.0 Å². The Morgan fingerprint density at radius 1 is 1.21 bits per heavy atom. The zero-order chi connectivity index (χ0) is 21.5. The summed E-state index contributed by atoms with van der Waals surface area (Å²) < 4.78 is 5.04. The number of anilines is 1. The maximum absolute atomic E-state index is 12.1. The van der Waals surface area contributed by atoms with Crippen molar-refractivity contribution in [2.24, 2.45) is 5.10 Å². The van der Waals surface area contributed by atoms with Gasteiger partial charge in [0.05, 0.1) is 30.2 Å². The SMILES string of the molecule is COc1cc([N+](=O)[O-])ccc1NC(=O)C/C(C)=N/NC(=O)C(=O)NC(C)(C)C. The van der Waals surface area contributed by atoms with Crippen LogP contribution in [0.15, 0.2) is 23.3 Å². The van der Waals surface area contributed by atoms with E-state index in [1.54, 1.807) is 20.8 Å². The second-order valence-electron chi connectivity index (χ2n) is 6.86. The Kier molecular flexibility index (Phi) is 7.60. The van der Waals surface area contributed by atoms with Crippen molar-refractivity contribution in [1.29, 1.82) is 0 Å². The molecular formula is C17H23N5O6. The van der Waals surface area contributed by atoms with Crippen LogP contribution in [0.25, 0.3) is 0 Å². The molecule has 1 rings (SSSR count). The molecular weight excluding hydrogens is 370 g/mol. The number of hydrogen-bond donors (Lipinski definition) is 3. The molecule has 0 radical (unpaired) electrons. The molecule has 3 amide bonds. The highest BCUT2D eigenvalue weighted by Crippen LogP contribution is 2.29. The molecule has 0 fully saturated rings. The van der Waals surface area contributed by atoms with Crippen LogP contribution in [0.4, 0.5) is 11.4 Å². The number of benzene rings is 1. The number of hydrazone groups is 1. The number of nitro groups is 1. The molecule has 0 spiro atoms. The van der Waals surface area contributed by atoms with Crippen LogP contribution in [0.5, 0.6) is 5.75 Å². The Bertz CT molecular complexity index is 813. The van der Waals surface area contributed by atoms with Gasteiger partial charge < -0.3 is 15.4 Å². The molecule has 1 aromatic rings. The van der Waals surface area contributed by atoms with E-state index in [1.807, 2.05) is 0 Å². The summed E-state index contributed by atoms with van der Waals surface area (Å²) in [7, 11) is 1.32. The molecule has 0 aromatic heterocycles. The highest BCUT2D eigenvalue weighted by molar-refractivity contribution is 6.35. The number of rotatable bonds is 6. The molecule has 0 saturated carbocycles. The Labute approximate surface area is 161 Å². The lowest BCUT2D eigenvalue weighted by Gasteiger charge is -2.19. The minimum Gasteiger partial charge on any atom is -0.494 e. The van der Waals surface area contributed by atoms with Crippen molar-refractivity contribution in [2.75, 3.05) is 12.4 Å². The number of non-ortho nitro benzene ring substituents is 1. The van der Waals surface area contributed by atoms with Crippen molar-refractivity contribution in [3.05, 3.63) is 28.3 Å². The van der Waals surface area contributed by atoms with Gasteiger partial charge in [-0.15, -0.1) is 0 Å². The van der Waals surface area contributed by atoms with Gasteiger partial charge in [0.2, 0.25) is 5.91 Å². The van der Waals surface area contributed by atoms with E-state index in [2.05, 4.69) is 21.2 Å². The number of hydrogen-bond acceptors (Lipinski definition) is 7. The second-order valence-corrected chi connectivity index (χ2v) is 6.86. The van der Waals surface area contributed by atoms with Gasteiger partial charge >= 0.3 is 11.8 Å². The largest absolute Gasteiger partial charge is 0.494 e. The molecule has 28 heavy (non-hydrogen) atoms. The highest BCUT2D eigenvalue weighted by atomic mass is 16.6. The van der Waals surface area contributed by atoms with Crippen LogP contribution in [0.2, 0.25) is 0 Å². The summed E-state index contributed by atoms with van der Waals surface area (Å²) in [5.74, 6) is -2.15. The smallest absolute Gasteiger partial charge is 0.329 e. The molecule has 0 unspecified atom stereocenters.